The van der Waals surface area contributed by atoms with E-state index in [1.807, 2.05) is 0 Å². The van der Waals surface area contributed by atoms with Gasteiger partial charge in [-0.05, 0) is 42.4 Å². The summed E-state index contributed by atoms with van der Waals surface area (Å²) >= 11 is 0. The number of phenols is 1. The highest BCUT2D eigenvalue weighted by Gasteiger charge is 2.38. The fraction of sp³-hybridized carbons (Fsp3) is 0.417. The first kappa shape index (κ1) is 11.8. The predicted molar refractivity (Wildman–Crippen MR) is 55.5 cm³/mol. The van der Waals surface area contributed by atoms with Gasteiger partial charge in [0.2, 0.25) is 0 Å². The molecule has 1 fully saturated rings. The smallest absolute Gasteiger partial charge is 0.293 e. The molecule has 1 N–H and O–H groups in total. The van der Waals surface area contributed by atoms with E-state index in [0.717, 1.165) is 18.6 Å². The van der Waals surface area contributed by atoms with Gasteiger partial charge in [-0.1, -0.05) is 0 Å². The van der Waals surface area contributed by atoms with Crippen molar-refractivity contribution in [3.05, 3.63) is 29.3 Å². The van der Waals surface area contributed by atoms with Crippen molar-refractivity contribution in [2.75, 3.05) is 6.61 Å². The fourth-order valence-corrected chi connectivity index (χ4v) is 2.04. The molecule has 92 valence electrons. The van der Waals surface area contributed by atoms with Gasteiger partial charge in [0, 0.05) is 0 Å². The van der Waals surface area contributed by atoms with E-state index in [-0.39, 0.29) is 5.92 Å². The van der Waals surface area contributed by atoms with Crippen LogP contribution in [0.25, 0.3) is 0 Å². The monoisotopic (exact) mass is 242 g/mol. The van der Waals surface area contributed by atoms with Gasteiger partial charge in [-0.3, -0.25) is 4.79 Å². The maximum Gasteiger partial charge on any atom is 0.293 e. The Morgan fingerprint density at radius 2 is 2.06 bits per heavy atom. The Hall–Kier alpha value is -1.65. The molecule has 0 radical (unpaired) electrons. The number of halogens is 2. The van der Waals surface area contributed by atoms with E-state index in [1.54, 1.807) is 0 Å². The van der Waals surface area contributed by atoms with Crippen molar-refractivity contribution in [3.63, 3.8) is 0 Å². The highest BCUT2D eigenvalue weighted by atomic mass is 19.1. The second-order valence-corrected chi connectivity index (χ2v) is 4.19. The van der Waals surface area contributed by atoms with Crippen molar-refractivity contribution in [2.24, 2.45) is 5.92 Å². The van der Waals surface area contributed by atoms with Crippen molar-refractivity contribution >= 4 is 6.47 Å². The van der Waals surface area contributed by atoms with Crippen LogP contribution >= 0.6 is 0 Å². The molecule has 2 unspecified atom stereocenters. The summed E-state index contributed by atoms with van der Waals surface area (Å²) in [6.45, 7) is 0.713. The normalized spacial score (nSPS) is 22.2. The third-order valence-corrected chi connectivity index (χ3v) is 3.06. The summed E-state index contributed by atoms with van der Waals surface area (Å²) < 4.78 is 30.8. The van der Waals surface area contributed by atoms with Crippen LogP contribution in [-0.4, -0.2) is 18.2 Å². The molecule has 0 amide bonds. The van der Waals surface area contributed by atoms with E-state index >= 15 is 0 Å². The zero-order valence-electron chi connectivity index (χ0n) is 9.03. The van der Waals surface area contributed by atoms with Gasteiger partial charge in [-0.2, -0.15) is 0 Å². The summed E-state index contributed by atoms with van der Waals surface area (Å²) in [4.78, 5) is 9.94. The molecule has 1 aromatic carbocycles. The lowest BCUT2D eigenvalue weighted by Crippen LogP contribution is -1.95. The molecular weight excluding hydrogens is 230 g/mol. The Kier molecular flexibility index (Phi) is 3.26. The van der Waals surface area contributed by atoms with E-state index in [0.29, 0.717) is 31.0 Å². The maximum absolute atomic E-state index is 13.1. The zero-order valence-corrected chi connectivity index (χ0v) is 9.03. The minimum absolute atomic E-state index is 0.0925. The highest BCUT2D eigenvalue weighted by Crippen LogP contribution is 2.50. The average Bonchev–Trinajstić information content (AvgIpc) is 3.05. The van der Waals surface area contributed by atoms with Crippen LogP contribution in [0.3, 0.4) is 0 Å². The molecule has 2 atom stereocenters. The van der Waals surface area contributed by atoms with Gasteiger partial charge in [-0.25, -0.2) is 8.78 Å². The number of hydrogen-bond donors (Lipinski definition) is 1. The van der Waals surface area contributed by atoms with Gasteiger partial charge < -0.3 is 9.84 Å². The van der Waals surface area contributed by atoms with Gasteiger partial charge in [0.15, 0.2) is 17.4 Å². The number of carbonyl (C=O) groups is 1. The van der Waals surface area contributed by atoms with E-state index in [2.05, 4.69) is 4.74 Å². The molecule has 0 bridgehead atoms. The third kappa shape index (κ3) is 2.54. The minimum Gasteiger partial charge on any atom is -0.503 e. The zero-order chi connectivity index (χ0) is 12.4. The van der Waals surface area contributed by atoms with Crippen LogP contribution in [0.5, 0.6) is 5.75 Å². The predicted octanol–water partition coefficient (Wildman–Crippen LogP) is 2.34. The summed E-state index contributed by atoms with van der Waals surface area (Å²) in [5.41, 5.74) is 0.550. The molecule has 0 spiro atoms. The van der Waals surface area contributed by atoms with Gasteiger partial charge in [0.05, 0.1) is 6.61 Å². The van der Waals surface area contributed by atoms with E-state index in [1.165, 1.54) is 0 Å². The number of benzene rings is 1. The van der Waals surface area contributed by atoms with E-state index < -0.39 is 17.4 Å². The van der Waals surface area contributed by atoms with Gasteiger partial charge in [-0.15, -0.1) is 0 Å². The van der Waals surface area contributed by atoms with E-state index in [4.69, 9.17) is 5.11 Å². The largest absolute Gasteiger partial charge is 0.503 e. The summed E-state index contributed by atoms with van der Waals surface area (Å²) in [5.74, 6) is -2.42. The van der Waals surface area contributed by atoms with Crippen molar-refractivity contribution in [3.8, 4) is 5.75 Å². The van der Waals surface area contributed by atoms with Crippen molar-refractivity contribution in [1.82, 2.24) is 0 Å². The molecule has 0 heterocycles. The number of ether oxygens (including phenoxy) is 1. The van der Waals surface area contributed by atoms with Gasteiger partial charge >= 0.3 is 0 Å². The summed E-state index contributed by atoms with van der Waals surface area (Å²) in [6.07, 6.45) is 1.51. The summed E-state index contributed by atoms with van der Waals surface area (Å²) in [6, 6.07) is 2.31. The fourth-order valence-electron chi connectivity index (χ4n) is 2.04. The molecule has 0 aliphatic heterocycles. The lowest BCUT2D eigenvalue weighted by atomic mass is 10.1. The number of carbonyl (C=O) groups excluding carboxylic acids is 1. The quantitative estimate of drug-likeness (QED) is 0.636. The lowest BCUT2D eigenvalue weighted by Gasteiger charge is -2.03. The first-order valence-corrected chi connectivity index (χ1v) is 5.36. The van der Waals surface area contributed by atoms with Crippen LogP contribution in [-0.2, 0) is 9.53 Å². The number of rotatable bonds is 5. The molecule has 5 heteroatoms. The molecule has 1 aliphatic carbocycles. The number of hydrogen-bond acceptors (Lipinski definition) is 3. The lowest BCUT2D eigenvalue weighted by molar-refractivity contribution is -0.128. The van der Waals surface area contributed by atoms with Crippen LogP contribution in [0.1, 0.15) is 24.3 Å². The average molecular weight is 242 g/mol. The Balaban J connectivity index is 1.99. The topological polar surface area (TPSA) is 46.5 Å². The highest BCUT2D eigenvalue weighted by molar-refractivity contribution is 5.37. The van der Waals surface area contributed by atoms with Crippen LogP contribution in [0.15, 0.2) is 12.1 Å². The van der Waals surface area contributed by atoms with E-state index in [9.17, 15) is 13.6 Å². The van der Waals surface area contributed by atoms with Crippen LogP contribution in [0.2, 0.25) is 0 Å². The molecule has 1 saturated carbocycles. The van der Waals surface area contributed by atoms with Crippen LogP contribution in [0, 0.1) is 17.6 Å². The molecule has 2 rings (SSSR count). The standard InChI is InChI=1S/C12H12F2O3/c13-10-4-8(5-11(14)12(10)16)9-3-7(9)1-2-17-6-15/h4-7,9,16H,1-3H2. The number of aromatic hydroxyl groups is 1. The molecule has 17 heavy (non-hydrogen) atoms. The summed E-state index contributed by atoms with van der Waals surface area (Å²) in [7, 11) is 0. The Morgan fingerprint density at radius 1 is 1.41 bits per heavy atom. The molecule has 1 aromatic rings. The van der Waals surface area contributed by atoms with Crippen molar-refractivity contribution < 1.29 is 23.4 Å². The van der Waals surface area contributed by atoms with Crippen LogP contribution in [0.4, 0.5) is 8.78 Å². The summed E-state index contributed by atoms with van der Waals surface area (Å²) in [5, 5.41) is 8.96. The Bertz CT molecular complexity index is 411. The second-order valence-electron chi connectivity index (χ2n) is 4.19. The first-order valence-electron chi connectivity index (χ1n) is 5.36. The minimum atomic E-state index is -0.935. The van der Waals surface area contributed by atoms with Gasteiger partial charge in [0.1, 0.15) is 0 Å². The Labute approximate surface area is 97.0 Å². The Morgan fingerprint density at radius 3 is 2.65 bits per heavy atom. The van der Waals surface area contributed by atoms with Crippen LogP contribution < -0.4 is 0 Å². The molecular formula is C12H12F2O3. The molecule has 3 nitrogen and oxygen atoms in total. The van der Waals surface area contributed by atoms with Gasteiger partial charge in [0.25, 0.3) is 6.47 Å². The van der Waals surface area contributed by atoms with Crippen molar-refractivity contribution in [1.29, 1.82) is 0 Å². The molecule has 0 saturated heterocycles. The molecule has 0 aromatic heterocycles. The number of phenolic OH excluding ortho intramolecular Hbond substituents is 1. The molecule has 1 aliphatic rings. The third-order valence-electron chi connectivity index (χ3n) is 3.06. The first-order chi connectivity index (χ1) is 8.13. The second kappa shape index (κ2) is 4.69. The maximum atomic E-state index is 13.1. The van der Waals surface area contributed by atoms with Crippen molar-refractivity contribution in [2.45, 2.75) is 18.8 Å². The SMILES string of the molecule is O=COCCC1CC1c1cc(F)c(O)c(F)c1.